The van der Waals surface area contributed by atoms with E-state index in [1.807, 2.05) is 18.2 Å². The predicted octanol–water partition coefficient (Wildman–Crippen LogP) is 4.87. The number of hydrogen-bond acceptors (Lipinski definition) is 4. The molecule has 3 rings (SSSR count). The molecular weight excluding hydrogens is 383 g/mol. The van der Waals surface area contributed by atoms with E-state index in [0.29, 0.717) is 12.2 Å². The summed E-state index contributed by atoms with van der Waals surface area (Å²) >= 11 is 3.03. The van der Waals surface area contributed by atoms with Gasteiger partial charge in [-0.25, -0.2) is 4.39 Å². The number of aromatic nitrogens is 1. The molecule has 27 heavy (non-hydrogen) atoms. The number of amides is 1. The molecular formula is C20H21FN2O2S2. The lowest BCUT2D eigenvalue weighted by Crippen LogP contribution is -2.16. The van der Waals surface area contributed by atoms with Crippen LogP contribution in [0.3, 0.4) is 0 Å². The SMILES string of the molecule is CCCn1c(=NC(=O)CCSc2ccc(F)cc2)sc2cc(OC)ccc21. The summed E-state index contributed by atoms with van der Waals surface area (Å²) in [7, 11) is 1.64. The number of fused-ring (bicyclic) bond motifs is 1. The average molecular weight is 405 g/mol. The summed E-state index contributed by atoms with van der Waals surface area (Å²) in [5.41, 5.74) is 1.06. The third-order valence-electron chi connectivity index (χ3n) is 3.96. The molecule has 3 aromatic rings. The van der Waals surface area contributed by atoms with Crippen LogP contribution >= 0.6 is 23.1 Å². The van der Waals surface area contributed by atoms with Crippen molar-refractivity contribution in [3.8, 4) is 5.75 Å². The number of ether oxygens (including phenoxy) is 1. The Balaban J connectivity index is 1.76. The number of thiazole rings is 1. The van der Waals surface area contributed by atoms with Gasteiger partial charge in [0, 0.05) is 23.6 Å². The van der Waals surface area contributed by atoms with E-state index in [0.717, 1.165) is 38.6 Å². The fourth-order valence-corrected chi connectivity index (χ4v) is 4.60. The summed E-state index contributed by atoms with van der Waals surface area (Å²) in [5, 5.41) is 0. The van der Waals surface area contributed by atoms with E-state index in [2.05, 4.69) is 16.5 Å². The molecule has 1 aromatic heterocycles. The van der Waals surface area contributed by atoms with Crippen molar-refractivity contribution < 1.29 is 13.9 Å². The maximum absolute atomic E-state index is 12.9. The number of thioether (sulfide) groups is 1. The zero-order valence-electron chi connectivity index (χ0n) is 15.3. The quantitative estimate of drug-likeness (QED) is 0.528. The standard InChI is InChI=1S/C20H21FN2O2S2/c1-3-11-23-17-9-6-15(25-2)13-18(17)27-20(23)22-19(24)10-12-26-16-7-4-14(21)5-8-16/h4-9,13H,3,10-12H2,1-2H3. The molecule has 2 aromatic carbocycles. The summed E-state index contributed by atoms with van der Waals surface area (Å²) in [6.07, 6.45) is 1.30. The number of nitrogens with zero attached hydrogens (tertiary/aromatic N) is 2. The van der Waals surface area contributed by atoms with Crippen LogP contribution < -0.4 is 9.54 Å². The Labute approximate surface area is 165 Å². The van der Waals surface area contributed by atoms with Crippen LogP contribution in [0.25, 0.3) is 10.2 Å². The average Bonchev–Trinajstić information content (AvgIpc) is 3.00. The molecule has 0 saturated carbocycles. The molecule has 0 aliphatic rings. The van der Waals surface area contributed by atoms with Gasteiger partial charge in [-0.2, -0.15) is 4.99 Å². The second-order valence-corrected chi connectivity index (χ2v) is 8.11. The van der Waals surface area contributed by atoms with E-state index in [1.54, 1.807) is 19.2 Å². The third-order valence-corrected chi connectivity index (χ3v) is 6.01. The van der Waals surface area contributed by atoms with Gasteiger partial charge in [0.25, 0.3) is 0 Å². The van der Waals surface area contributed by atoms with E-state index >= 15 is 0 Å². The minimum absolute atomic E-state index is 0.145. The van der Waals surface area contributed by atoms with Gasteiger partial charge in [-0.15, -0.1) is 11.8 Å². The molecule has 0 unspecified atom stereocenters. The number of carbonyl (C=O) groups is 1. The first-order valence-electron chi connectivity index (χ1n) is 8.74. The highest BCUT2D eigenvalue weighted by Crippen LogP contribution is 2.23. The highest BCUT2D eigenvalue weighted by atomic mass is 32.2. The fourth-order valence-electron chi connectivity index (χ4n) is 2.66. The van der Waals surface area contributed by atoms with Crippen molar-refractivity contribution in [2.45, 2.75) is 31.2 Å². The Morgan fingerprint density at radius 3 is 2.74 bits per heavy atom. The van der Waals surface area contributed by atoms with Crippen LogP contribution in [0, 0.1) is 5.82 Å². The number of benzene rings is 2. The van der Waals surface area contributed by atoms with Crippen molar-refractivity contribution in [2.24, 2.45) is 4.99 Å². The molecule has 0 atom stereocenters. The van der Waals surface area contributed by atoms with Gasteiger partial charge in [0.05, 0.1) is 17.3 Å². The topological polar surface area (TPSA) is 43.6 Å². The molecule has 0 fully saturated rings. The molecule has 4 nitrogen and oxygen atoms in total. The zero-order valence-corrected chi connectivity index (χ0v) is 16.9. The molecule has 0 N–H and O–H groups in total. The molecule has 142 valence electrons. The van der Waals surface area contributed by atoms with Crippen molar-refractivity contribution in [2.75, 3.05) is 12.9 Å². The molecule has 0 saturated heterocycles. The van der Waals surface area contributed by atoms with E-state index in [1.165, 1.54) is 35.2 Å². The Morgan fingerprint density at radius 2 is 2.04 bits per heavy atom. The van der Waals surface area contributed by atoms with Crippen LogP contribution in [0.5, 0.6) is 5.75 Å². The number of halogens is 1. The molecule has 0 aliphatic carbocycles. The van der Waals surface area contributed by atoms with Gasteiger partial charge in [-0.1, -0.05) is 18.3 Å². The first-order valence-corrected chi connectivity index (χ1v) is 10.5. The molecule has 0 spiro atoms. The molecule has 0 bridgehead atoms. The summed E-state index contributed by atoms with van der Waals surface area (Å²) in [4.78, 5) is 18.3. The monoisotopic (exact) mass is 404 g/mol. The van der Waals surface area contributed by atoms with Crippen molar-refractivity contribution in [1.29, 1.82) is 0 Å². The van der Waals surface area contributed by atoms with Crippen LogP contribution in [-0.2, 0) is 11.3 Å². The van der Waals surface area contributed by atoms with Crippen LogP contribution in [0.2, 0.25) is 0 Å². The van der Waals surface area contributed by atoms with Crippen LogP contribution in [0.15, 0.2) is 52.4 Å². The molecule has 0 aliphatic heterocycles. The molecule has 1 amide bonds. The van der Waals surface area contributed by atoms with Gasteiger partial charge in [0.1, 0.15) is 11.6 Å². The van der Waals surface area contributed by atoms with Crippen molar-refractivity contribution in [1.82, 2.24) is 4.57 Å². The van der Waals surface area contributed by atoms with Gasteiger partial charge in [-0.3, -0.25) is 4.79 Å². The van der Waals surface area contributed by atoms with E-state index in [4.69, 9.17) is 4.74 Å². The number of aryl methyl sites for hydroxylation is 1. The fraction of sp³-hybridized carbons (Fsp3) is 0.300. The van der Waals surface area contributed by atoms with Gasteiger partial charge in [0.15, 0.2) is 4.80 Å². The lowest BCUT2D eigenvalue weighted by atomic mass is 10.3. The predicted molar refractivity (Wildman–Crippen MR) is 109 cm³/mol. The van der Waals surface area contributed by atoms with E-state index in [9.17, 15) is 9.18 Å². The Bertz CT molecular complexity index is 993. The Morgan fingerprint density at radius 1 is 1.26 bits per heavy atom. The normalized spacial score (nSPS) is 11.9. The minimum atomic E-state index is -0.257. The molecule has 7 heteroatoms. The minimum Gasteiger partial charge on any atom is -0.497 e. The van der Waals surface area contributed by atoms with Crippen molar-refractivity contribution >= 4 is 39.2 Å². The number of hydrogen-bond donors (Lipinski definition) is 0. The van der Waals surface area contributed by atoms with Crippen molar-refractivity contribution in [3.63, 3.8) is 0 Å². The van der Waals surface area contributed by atoms with Gasteiger partial charge in [-0.05, 0) is 48.9 Å². The van der Waals surface area contributed by atoms with Gasteiger partial charge in [0.2, 0.25) is 5.91 Å². The van der Waals surface area contributed by atoms with Gasteiger partial charge < -0.3 is 9.30 Å². The zero-order chi connectivity index (χ0) is 19.2. The maximum atomic E-state index is 12.9. The smallest absolute Gasteiger partial charge is 0.249 e. The number of methoxy groups -OCH3 is 1. The first-order chi connectivity index (χ1) is 13.1. The van der Waals surface area contributed by atoms with E-state index < -0.39 is 0 Å². The van der Waals surface area contributed by atoms with Crippen LogP contribution in [-0.4, -0.2) is 23.3 Å². The van der Waals surface area contributed by atoms with Gasteiger partial charge >= 0.3 is 0 Å². The second-order valence-electron chi connectivity index (χ2n) is 5.93. The lowest BCUT2D eigenvalue weighted by molar-refractivity contribution is -0.117. The number of carbonyl (C=O) groups excluding carboxylic acids is 1. The number of rotatable bonds is 7. The van der Waals surface area contributed by atoms with Crippen LogP contribution in [0.1, 0.15) is 19.8 Å². The maximum Gasteiger partial charge on any atom is 0.249 e. The summed E-state index contributed by atoms with van der Waals surface area (Å²) in [5.74, 6) is 1.00. The highest BCUT2D eigenvalue weighted by molar-refractivity contribution is 7.99. The largest absolute Gasteiger partial charge is 0.497 e. The third kappa shape index (κ3) is 4.99. The van der Waals surface area contributed by atoms with Crippen LogP contribution in [0.4, 0.5) is 4.39 Å². The summed E-state index contributed by atoms with van der Waals surface area (Å²) < 4.78 is 21.4. The Kier molecular flexibility index (Phi) is 6.68. The highest BCUT2D eigenvalue weighted by Gasteiger charge is 2.09. The van der Waals surface area contributed by atoms with E-state index in [-0.39, 0.29) is 11.7 Å². The summed E-state index contributed by atoms with van der Waals surface area (Å²) in [6.45, 7) is 2.91. The van der Waals surface area contributed by atoms with Crippen molar-refractivity contribution in [3.05, 3.63) is 53.1 Å². The summed E-state index contributed by atoms with van der Waals surface area (Å²) in [6, 6.07) is 12.2. The molecule has 1 heterocycles. The Hall–Kier alpha value is -2.12. The first kappa shape index (κ1) is 19.6. The second kappa shape index (κ2) is 9.19. The molecule has 0 radical (unpaired) electrons. The lowest BCUT2D eigenvalue weighted by Gasteiger charge is -2.03.